The molecule has 2 aromatic heterocycles. The molecule has 0 fully saturated rings. The molecule has 0 spiro atoms. The first-order valence-electron chi connectivity index (χ1n) is 5.04. The predicted octanol–water partition coefficient (Wildman–Crippen LogP) is 2.63. The molecular weight excluding hydrogens is 208 g/mol. The molecule has 0 aromatic carbocycles. The molecule has 4 heteroatoms. The van der Waals surface area contributed by atoms with Gasteiger partial charge >= 0.3 is 0 Å². The van der Waals surface area contributed by atoms with E-state index in [0.717, 1.165) is 18.0 Å². The molecule has 2 aromatic rings. The second-order valence-electron chi connectivity index (χ2n) is 3.30. The molecular formula is C11H14N2OS. The zero-order chi connectivity index (χ0) is 10.5. The van der Waals surface area contributed by atoms with Crippen molar-refractivity contribution in [3.8, 4) is 0 Å². The summed E-state index contributed by atoms with van der Waals surface area (Å²) in [6.45, 7) is 3.05. The van der Waals surface area contributed by atoms with Gasteiger partial charge < -0.3 is 9.73 Å². The van der Waals surface area contributed by atoms with Crippen molar-refractivity contribution in [3.05, 3.63) is 40.7 Å². The van der Waals surface area contributed by atoms with Crippen molar-refractivity contribution >= 4 is 11.3 Å². The molecule has 15 heavy (non-hydrogen) atoms. The molecule has 1 unspecified atom stereocenters. The SMILES string of the molecule is CCNC(Cc1nccs1)c1ccoc1. The van der Waals surface area contributed by atoms with E-state index in [-0.39, 0.29) is 0 Å². The number of hydrogen-bond donors (Lipinski definition) is 1. The molecule has 0 amide bonds. The maximum absolute atomic E-state index is 5.10. The summed E-state index contributed by atoms with van der Waals surface area (Å²) in [6, 6.07) is 2.31. The molecule has 0 aliphatic carbocycles. The smallest absolute Gasteiger partial charge is 0.0950 e. The van der Waals surface area contributed by atoms with Crippen molar-refractivity contribution in [1.29, 1.82) is 0 Å². The number of thiazole rings is 1. The van der Waals surface area contributed by atoms with Gasteiger partial charge in [-0.2, -0.15) is 0 Å². The fraction of sp³-hybridized carbons (Fsp3) is 0.364. The molecule has 0 saturated carbocycles. The third-order valence-corrected chi connectivity index (χ3v) is 3.06. The van der Waals surface area contributed by atoms with E-state index in [9.17, 15) is 0 Å². The first kappa shape index (κ1) is 10.4. The minimum Gasteiger partial charge on any atom is -0.472 e. The second kappa shape index (κ2) is 5.09. The maximum atomic E-state index is 5.10. The van der Waals surface area contributed by atoms with Crippen molar-refractivity contribution < 1.29 is 4.42 Å². The first-order chi connectivity index (χ1) is 7.40. The van der Waals surface area contributed by atoms with Crippen LogP contribution in [-0.4, -0.2) is 11.5 Å². The quantitative estimate of drug-likeness (QED) is 0.845. The van der Waals surface area contributed by atoms with E-state index in [1.807, 2.05) is 17.6 Å². The van der Waals surface area contributed by atoms with Gasteiger partial charge in [0, 0.05) is 29.6 Å². The molecule has 0 saturated heterocycles. The van der Waals surface area contributed by atoms with Gasteiger partial charge in [-0.05, 0) is 12.6 Å². The van der Waals surface area contributed by atoms with E-state index < -0.39 is 0 Å². The van der Waals surface area contributed by atoms with Crippen LogP contribution in [0.5, 0.6) is 0 Å². The van der Waals surface area contributed by atoms with Crippen LogP contribution in [0.2, 0.25) is 0 Å². The summed E-state index contributed by atoms with van der Waals surface area (Å²) in [5, 5.41) is 6.59. The van der Waals surface area contributed by atoms with Crippen molar-refractivity contribution in [3.63, 3.8) is 0 Å². The molecule has 2 rings (SSSR count). The van der Waals surface area contributed by atoms with Gasteiger partial charge in [-0.1, -0.05) is 6.92 Å². The van der Waals surface area contributed by atoms with E-state index >= 15 is 0 Å². The van der Waals surface area contributed by atoms with Gasteiger partial charge in [0.25, 0.3) is 0 Å². The Morgan fingerprint density at radius 3 is 3.13 bits per heavy atom. The number of nitrogens with zero attached hydrogens (tertiary/aromatic N) is 1. The first-order valence-corrected chi connectivity index (χ1v) is 5.92. The third-order valence-electron chi connectivity index (χ3n) is 2.26. The monoisotopic (exact) mass is 222 g/mol. The maximum Gasteiger partial charge on any atom is 0.0950 e. The van der Waals surface area contributed by atoms with Crippen LogP contribution < -0.4 is 5.32 Å². The van der Waals surface area contributed by atoms with Gasteiger partial charge in [-0.3, -0.25) is 0 Å². The lowest BCUT2D eigenvalue weighted by molar-refractivity contribution is 0.524. The van der Waals surface area contributed by atoms with Crippen LogP contribution in [0.25, 0.3) is 0 Å². The highest BCUT2D eigenvalue weighted by atomic mass is 32.1. The van der Waals surface area contributed by atoms with Crippen molar-refractivity contribution in [2.75, 3.05) is 6.54 Å². The molecule has 3 nitrogen and oxygen atoms in total. The van der Waals surface area contributed by atoms with E-state index in [2.05, 4.69) is 17.2 Å². The summed E-state index contributed by atoms with van der Waals surface area (Å²) < 4.78 is 5.10. The molecule has 0 radical (unpaired) electrons. The molecule has 0 bridgehead atoms. The predicted molar refractivity (Wildman–Crippen MR) is 60.9 cm³/mol. The van der Waals surface area contributed by atoms with Crippen LogP contribution in [0.15, 0.2) is 34.6 Å². The summed E-state index contributed by atoms with van der Waals surface area (Å²) >= 11 is 1.69. The average Bonchev–Trinajstić information content (AvgIpc) is 2.89. The van der Waals surface area contributed by atoms with Gasteiger partial charge in [0.05, 0.1) is 17.5 Å². The second-order valence-corrected chi connectivity index (χ2v) is 4.28. The Morgan fingerprint density at radius 1 is 1.60 bits per heavy atom. The van der Waals surface area contributed by atoms with Crippen molar-refractivity contribution in [2.24, 2.45) is 0 Å². The Balaban J connectivity index is 2.07. The third kappa shape index (κ3) is 2.67. The van der Waals surface area contributed by atoms with Gasteiger partial charge in [0.2, 0.25) is 0 Å². The lowest BCUT2D eigenvalue weighted by atomic mass is 10.1. The van der Waals surface area contributed by atoms with E-state index in [1.54, 1.807) is 23.9 Å². The lowest BCUT2D eigenvalue weighted by Gasteiger charge is -2.14. The van der Waals surface area contributed by atoms with Crippen LogP contribution in [-0.2, 0) is 6.42 Å². The Kier molecular flexibility index (Phi) is 3.53. The summed E-state index contributed by atoms with van der Waals surface area (Å²) in [4.78, 5) is 4.30. The summed E-state index contributed by atoms with van der Waals surface area (Å²) in [5.74, 6) is 0. The normalized spacial score (nSPS) is 12.9. The van der Waals surface area contributed by atoms with Gasteiger partial charge in [0.1, 0.15) is 0 Å². The number of likely N-dealkylation sites (N-methyl/N-ethyl adjacent to an activating group) is 1. The van der Waals surface area contributed by atoms with Crippen molar-refractivity contribution in [1.82, 2.24) is 10.3 Å². The molecule has 1 atom stereocenters. The van der Waals surface area contributed by atoms with Crippen LogP contribution in [0.4, 0.5) is 0 Å². The molecule has 0 aliphatic heterocycles. The fourth-order valence-corrected chi connectivity index (χ4v) is 2.22. The van der Waals surface area contributed by atoms with Crippen LogP contribution in [0, 0.1) is 0 Å². The molecule has 1 N–H and O–H groups in total. The summed E-state index contributed by atoms with van der Waals surface area (Å²) in [7, 11) is 0. The number of hydrogen-bond acceptors (Lipinski definition) is 4. The highest BCUT2D eigenvalue weighted by molar-refractivity contribution is 7.09. The van der Waals surface area contributed by atoms with E-state index in [4.69, 9.17) is 4.42 Å². The Morgan fingerprint density at radius 2 is 2.53 bits per heavy atom. The molecule has 0 aliphatic rings. The number of aromatic nitrogens is 1. The minimum absolute atomic E-state index is 0.305. The zero-order valence-electron chi connectivity index (χ0n) is 8.64. The summed E-state index contributed by atoms with van der Waals surface area (Å²) in [5.41, 5.74) is 1.19. The highest BCUT2D eigenvalue weighted by Gasteiger charge is 2.13. The number of nitrogens with one attached hydrogen (secondary N) is 1. The van der Waals surface area contributed by atoms with Crippen LogP contribution in [0.1, 0.15) is 23.5 Å². The standard InChI is InChI=1S/C11H14N2OS/c1-2-12-10(9-3-5-14-8-9)7-11-13-4-6-15-11/h3-6,8,10,12H,2,7H2,1H3. The van der Waals surface area contributed by atoms with Crippen molar-refractivity contribution in [2.45, 2.75) is 19.4 Å². The Bertz CT molecular complexity index is 369. The molecule has 80 valence electrons. The largest absolute Gasteiger partial charge is 0.472 e. The highest BCUT2D eigenvalue weighted by Crippen LogP contribution is 2.19. The van der Waals surface area contributed by atoms with Crippen LogP contribution in [0.3, 0.4) is 0 Å². The Labute approximate surface area is 93.2 Å². The number of rotatable bonds is 5. The average molecular weight is 222 g/mol. The van der Waals surface area contributed by atoms with Gasteiger partial charge in [-0.25, -0.2) is 4.98 Å². The Hall–Kier alpha value is -1.13. The minimum atomic E-state index is 0.305. The van der Waals surface area contributed by atoms with E-state index in [0.29, 0.717) is 6.04 Å². The van der Waals surface area contributed by atoms with Gasteiger partial charge in [-0.15, -0.1) is 11.3 Å². The van der Waals surface area contributed by atoms with E-state index in [1.165, 1.54) is 5.56 Å². The fourth-order valence-electron chi connectivity index (χ4n) is 1.56. The summed E-state index contributed by atoms with van der Waals surface area (Å²) in [6.07, 6.45) is 6.27. The lowest BCUT2D eigenvalue weighted by Crippen LogP contribution is -2.22. The van der Waals surface area contributed by atoms with Gasteiger partial charge in [0.15, 0.2) is 0 Å². The zero-order valence-corrected chi connectivity index (χ0v) is 9.46. The van der Waals surface area contributed by atoms with Crippen LogP contribution >= 0.6 is 11.3 Å². The topological polar surface area (TPSA) is 38.1 Å². The number of furan rings is 1. The molecule has 2 heterocycles.